The van der Waals surface area contributed by atoms with Gasteiger partial charge in [-0.25, -0.2) is 0 Å². The lowest BCUT2D eigenvalue weighted by atomic mass is 9.96. The van der Waals surface area contributed by atoms with Crippen molar-refractivity contribution >= 4 is 17.5 Å². The molecule has 1 aromatic carbocycles. The van der Waals surface area contributed by atoms with E-state index in [-0.39, 0.29) is 17.7 Å². The lowest BCUT2D eigenvalue weighted by Gasteiger charge is -2.29. The Balaban J connectivity index is 1.80. The first-order valence-electron chi connectivity index (χ1n) is 8.41. The van der Waals surface area contributed by atoms with Gasteiger partial charge in [0.15, 0.2) is 0 Å². The van der Waals surface area contributed by atoms with Crippen LogP contribution in [0.3, 0.4) is 0 Å². The molecule has 1 heterocycles. The van der Waals surface area contributed by atoms with Gasteiger partial charge < -0.3 is 11.1 Å². The summed E-state index contributed by atoms with van der Waals surface area (Å²) in [6.45, 7) is 6.21. The minimum absolute atomic E-state index is 0.0150. The van der Waals surface area contributed by atoms with Crippen LogP contribution in [0, 0.1) is 5.92 Å². The Kier molecular flexibility index (Phi) is 6.16. The maximum atomic E-state index is 12.1. The normalized spacial score (nSPS) is 17.7. The van der Waals surface area contributed by atoms with Crippen LogP contribution in [0.5, 0.6) is 0 Å². The van der Waals surface area contributed by atoms with E-state index in [0.29, 0.717) is 12.5 Å². The van der Waals surface area contributed by atoms with E-state index in [0.717, 1.165) is 38.0 Å². The molecule has 0 aliphatic carbocycles. The van der Waals surface area contributed by atoms with Crippen molar-refractivity contribution in [2.24, 2.45) is 11.7 Å². The second-order valence-electron chi connectivity index (χ2n) is 6.43. The minimum atomic E-state index is -0.226. The van der Waals surface area contributed by atoms with Crippen LogP contribution < -0.4 is 11.1 Å². The number of amides is 2. The number of carbonyl (C=O) groups is 2. The molecule has 0 spiro atoms. The van der Waals surface area contributed by atoms with E-state index in [4.69, 9.17) is 5.73 Å². The smallest absolute Gasteiger partial charge is 0.238 e. The van der Waals surface area contributed by atoms with Crippen molar-refractivity contribution < 1.29 is 9.59 Å². The van der Waals surface area contributed by atoms with Gasteiger partial charge in [0.05, 0.1) is 6.54 Å². The Morgan fingerprint density at radius 2 is 1.87 bits per heavy atom. The molecule has 0 bridgehead atoms. The first kappa shape index (κ1) is 17.5. The molecule has 0 radical (unpaired) electrons. The van der Waals surface area contributed by atoms with Gasteiger partial charge in [0.1, 0.15) is 0 Å². The maximum absolute atomic E-state index is 12.1. The third-order valence-corrected chi connectivity index (χ3v) is 4.73. The number of benzene rings is 1. The van der Waals surface area contributed by atoms with Crippen molar-refractivity contribution in [3.63, 3.8) is 0 Å². The number of anilines is 1. The van der Waals surface area contributed by atoms with Crippen LogP contribution in [0.4, 0.5) is 5.69 Å². The molecule has 5 heteroatoms. The van der Waals surface area contributed by atoms with Gasteiger partial charge in [-0.3, -0.25) is 14.5 Å². The zero-order valence-corrected chi connectivity index (χ0v) is 14.0. The summed E-state index contributed by atoms with van der Waals surface area (Å²) in [6.07, 6.45) is 2.59. The number of hydrogen-bond acceptors (Lipinski definition) is 3. The predicted octanol–water partition coefficient (Wildman–Crippen LogP) is 2.34. The number of rotatable bonds is 6. The maximum Gasteiger partial charge on any atom is 0.238 e. The molecule has 0 aromatic heterocycles. The molecule has 5 nitrogen and oxygen atoms in total. The summed E-state index contributed by atoms with van der Waals surface area (Å²) in [7, 11) is 0. The fourth-order valence-corrected chi connectivity index (χ4v) is 2.91. The molecule has 1 aliphatic rings. The fraction of sp³-hybridized carbons (Fsp3) is 0.556. The number of piperidine rings is 1. The summed E-state index contributed by atoms with van der Waals surface area (Å²) < 4.78 is 0. The molecule has 0 unspecified atom stereocenters. The Bertz CT molecular complexity index is 534. The lowest BCUT2D eigenvalue weighted by Crippen LogP contribution is -2.42. The average Bonchev–Trinajstić information content (AvgIpc) is 2.55. The third-order valence-electron chi connectivity index (χ3n) is 4.73. The number of likely N-dealkylation sites (tertiary alicyclic amines) is 1. The van der Waals surface area contributed by atoms with Crippen molar-refractivity contribution in [2.45, 2.75) is 39.0 Å². The molecule has 3 N–H and O–H groups in total. The van der Waals surface area contributed by atoms with Gasteiger partial charge in [-0.05, 0) is 56.0 Å². The van der Waals surface area contributed by atoms with Crippen LogP contribution in [0.2, 0.25) is 0 Å². The van der Waals surface area contributed by atoms with Crippen LogP contribution >= 0.6 is 0 Å². The van der Waals surface area contributed by atoms with Crippen LogP contribution in [0.1, 0.15) is 44.6 Å². The Morgan fingerprint density at radius 3 is 2.39 bits per heavy atom. The van der Waals surface area contributed by atoms with Crippen molar-refractivity contribution in [1.29, 1.82) is 0 Å². The lowest BCUT2D eigenvalue weighted by molar-refractivity contribution is -0.123. The Morgan fingerprint density at radius 1 is 1.26 bits per heavy atom. The van der Waals surface area contributed by atoms with Crippen molar-refractivity contribution in [3.8, 4) is 0 Å². The van der Waals surface area contributed by atoms with Gasteiger partial charge in [-0.15, -0.1) is 0 Å². The molecule has 2 amide bonds. The molecular weight excluding hydrogens is 290 g/mol. The summed E-state index contributed by atoms with van der Waals surface area (Å²) >= 11 is 0. The van der Waals surface area contributed by atoms with E-state index in [1.807, 2.05) is 12.1 Å². The van der Waals surface area contributed by atoms with Crippen molar-refractivity contribution in [3.05, 3.63) is 29.8 Å². The molecule has 0 saturated carbocycles. The molecule has 23 heavy (non-hydrogen) atoms. The number of nitrogens with one attached hydrogen (secondary N) is 1. The molecule has 1 fully saturated rings. The summed E-state index contributed by atoms with van der Waals surface area (Å²) in [6, 6.07) is 8.06. The second kappa shape index (κ2) is 8.11. The molecule has 1 atom stereocenters. The highest BCUT2D eigenvalue weighted by Crippen LogP contribution is 2.21. The number of primary amides is 1. The first-order chi connectivity index (χ1) is 11.0. The van der Waals surface area contributed by atoms with E-state index in [1.54, 1.807) is 0 Å². The van der Waals surface area contributed by atoms with Crippen LogP contribution in [-0.4, -0.2) is 36.3 Å². The third kappa shape index (κ3) is 5.06. The predicted molar refractivity (Wildman–Crippen MR) is 92.1 cm³/mol. The van der Waals surface area contributed by atoms with E-state index in [1.165, 1.54) is 5.56 Å². The van der Waals surface area contributed by atoms with E-state index in [2.05, 4.69) is 36.2 Å². The quantitative estimate of drug-likeness (QED) is 0.845. The summed E-state index contributed by atoms with van der Waals surface area (Å²) in [4.78, 5) is 25.3. The van der Waals surface area contributed by atoms with Gasteiger partial charge in [0.2, 0.25) is 11.8 Å². The van der Waals surface area contributed by atoms with Crippen molar-refractivity contribution in [2.75, 3.05) is 25.0 Å². The van der Waals surface area contributed by atoms with Gasteiger partial charge in [0, 0.05) is 11.6 Å². The highest BCUT2D eigenvalue weighted by Gasteiger charge is 2.24. The summed E-state index contributed by atoms with van der Waals surface area (Å²) in [5.41, 5.74) is 7.44. The highest BCUT2D eigenvalue weighted by atomic mass is 16.2. The first-order valence-corrected chi connectivity index (χ1v) is 8.41. The number of hydrogen-bond donors (Lipinski definition) is 2. The Labute approximate surface area is 138 Å². The van der Waals surface area contributed by atoms with Gasteiger partial charge in [0.25, 0.3) is 0 Å². The number of nitrogens with two attached hydrogens (primary N) is 1. The topological polar surface area (TPSA) is 75.4 Å². The molecule has 126 valence electrons. The zero-order valence-electron chi connectivity index (χ0n) is 14.0. The minimum Gasteiger partial charge on any atom is -0.369 e. The van der Waals surface area contributed by atoms with Gasteiger partial charge in [-0.1, -0.05) is 26.0 Å². The average molecular weight is 317 g/mol. The van der Waals surface area contributed by atoms with E-state index < -0.39 is 0 Å². The van der Waals surface area contributed by atoms with Crippen molar-refractivity contribution in [1.82, 2.24) is 4.90 Å². The molecule has 1 saturated heterocycles. The summed E-state index contributed by atoms with van der Waals surface area (Å²) in [5, 5.41) is 2.94. The van der Waals surface area contributed by atoms with E-state index >= 15 is 0 Å². The van der Waals surface area contributed by atoms with Crippen LogP contribution in [0.15, 0.2) is 24.3 Å². The number of carbonyl (C=O) groups excluding carboxylic acids is 2. The van der Waals surface area contributed by atoms with E-state index in [9.17, 15) is 9.59 Å². The molecular formula is C18H27N3O2. The largest absolute Gasteiger partial charge is 0.369 e. The fourth-order valence-electron chi connectivity index (χ4n) is 2.91. The number of nitrogens with zero attached hydrogens (tertiary/aromatic N) is 1. The second-order valence-corrected chi connectivity index (χ2v) is 6.43. The SMILES string of the molecule is CC[C@H](C)c1ccc(NC(=O)CN2CCC(C(N)=O)CC2)cc1. The van der Waals surface area contributed by atoms with Crippen LogP contribution in [0.25, 0.3) is 0 Å². The molecule has 1 aromatic rings. The summed E-state index contributed by atoms with van der Waals surface area (Å²) in [5.74, 6) is 0.253. The Hall–Kier alpha value is -1.88. The zero-order chi connectivity index (χ0) is 16.8. The molecule has 1 aliphatic heterocycles. The monoisotopic (exact) mass is 317 g/mol. The van der Waals surface area contributed by atoms with Crippen LogP contribution in [-0.2, 0) is 9.59 Å². The standard InChI is InChI=1S/C18H27N3O2/c1-3-13(2)14-4-6-16(7-5-14)20-17(22)12-21-10-8-15(9-11-21)18(19)23/h4-7,13,15H,3,8-12H2,1-2H3,(H2,19,23)(H,20,22)/t13-/m0/s1. The highest BCUT2D eigenvalue weighted by molar-refractivity contribution is 5.92. The van der Waals surface area contributed by atoms with Gasteiger partial charge in [-0.2, -0.15) is 0 Å². The van der Waals surface area contributed by atoms with Gasteiger partial charge >= 0.3 is 0 Å². The molecule has 2 rings (SSSR count).